The number of carbonyl (C=O) groups excluding carboxylic acids is 3. The Bertz CT molecular complexity index is 1850. The molecule has 0 amide bonds. The Hall–Kier alpha value is -5.49. The third kappa shape index (κ3) is 61.4. The van der Waals surface area contributed by atoms with E-state index < -0.39 is 12.1 Å². The number of hydrogen-bond acceptors (Lipinski definition) is 6. The molecule has 0 aromatic carbocycles. The highest BCUT2D eigenvalue weighted by atomic mass is 16.6. The van der Waals surface area contributed by atoms with Crippen LogP contribution in [0.5, 0.6) is 0 Å². The predicted molar refractivity (Wildman–Crippen MR) is 338 cm³/mol. The van der Waals surface area contributed by atoms with E-state index in [0.29, 0.717) is 19.3 Å². The van der Waals surface area contributed by atoms with Crippen LogP contribution in [0.3, 0.4) is 0 Å². The van der Waals surface area contributed by atoms with Crippen LogP contribution in [0.1, 0.15) is 233 Å². The van der Waals surface area contributed by atoms with Crippen molar-refractivity contribution in [3.05, 3.63) is 182 Å². The fourth-order valence-electron chi connectivity index (χ4n) is 7.64. The maximum atomic E-state index is 12.8. The first kappa shape index (κ1) is 72.5. The van der Waals surface area contributed by atoms with Gasteiger partial charge in [-0.2, -0.15) is 0 Å². The molecule has 0 bridgehead atoms. The summed E-state index contributed by atoms with van der Waals surface area (Å²) in [5.74, 6) is -1.04. The first-order valence-corrected chi connectivity index (χ1v) is 30.8. The largest absolute Gasteiger partial charge is 0.462 e. The van der Waals surface area contributed by atoms with Crippen LogP contribution < -0.4 is 0 Å². The molecule has 0 N–H and O–H groups in total. The summed E-state index contributed by atoms with van der Waals surface area (Å²) in [5.41, 5.74) is 0. The minimum atomic E-state index is -0.829. The molecule has 0 fully saturated rings. The third-order valence-corrected chi connectivity index (χ3v) is 12.2. The molecule has 6 heteroatoms. The lowest BCUT2D eigenvalue weighted by molar-refractivity contribution is -0.166. The quantitative estimate of drug-likeness (QED) is 0.0261. The van der Waals surface area contributed by atoms with Gasteiger partial charge in [0.1, 0.15) is 13.2 Å². The molecule has 0 aliphatic carbocycles. The first-order chi connectivity index (χ1) is 38.5. The monoisotopic (exact) mass is 1070 g/mol. The molecule has 434 valence electrons. The van der Waals surface area contributed by atoms with Crippen LogP contribution in [-0.2, 0) is 28.6 Å². The van der Waals surface area contributed by atoms with Gasteiger partial charge in [0, 0.05) is 19.3 Å². The van der Waals surface area contributed by atoms with Crippen LogP contribution in [0.2, 0.25) is 0 Å². The Labute approximate surface area is 478 Å². The normalized spacial score (nSPS) is 13.4. The molecule has 0 aromatic heterocycles. The molecule has 78 heavy (non-hydrogen) atoms. The molecule has 0 spiro atoms. The highest BCUT2D eigenvalue weighted by Gasteiger charge is 2.19. The summed E-state index contributed by atoms with van der Waals surface area (Å²) in [4.78, 5) is 37.9. The van der Waals surface area contributed by atoms with Gasteiger partial charge in [-0.3, -0.25) is 14.4 Å². The van der Waals surface area contributed by atoms with E-state index in [1.807, 2.05) is 12.2 Å². The van der Waals surface area contributed by atoms with E-state index in [9.17, 15) is 14.4 Å². The van der Waals surface area contributed by atoms with Gasteiger partial charge in [-0.1, -0.05) is 267 Å². The Morgan fingerprint density at radius 3 is 0.833 bits per heavy atom. The average Bonchev–Trinajstić information content (AvgIpc) is 3.44. The minimum absolute atomic E-state index is 0.119. The Morgan fingerprint density at radius 2 is 0.526 bits per heavy atom. The zero-order chi connectivity index (χ0) is 56.4. The summed E-state index contributed by atoms with van der Waals surface area (Å²) < 4.78 is 16.7. The highest BCUT2D eigenvalue weighted by molar-refractivity contribution is 5.71. The van der Waals surface area contributed by atoms with Crippen molar-refractivity contribution in [3.8, 4) is 0 Å². The van der Waals surface area contributed by atoms with Gasteiger partial charge < -0.3 is 14.2 Å². The topological polar surface area (TPSA) is 78.9 Å². The van der Waals surface area contributed by atoms with Crippen LogP contribution in [0.4, 0.5) is 0 Å². The molecule has 0 saturated heterocycles. The smallest absolute Gasteiger partial charge is 0.306 e. The zero-order valence-electron chi connectivity index (χ0n) is 49.6. The number of esters is 3. The van der Waals surface area contributed by atoms with E-state index >= 15 is 0 Å². The molecule has 6 nitrogen and oxygen atoms in total. The van der Waals surface area contributed by atoms with Crippen molar-refractivity contribution in [3.63, 3.8) is 0 Å². The van der Waals surface area contributed by atoms with Crippen molar-refractivity contribution in [2.45, 2.75) is 239 Å². The van der Waals surface area contributed by atoms with Crippen molar-refractivity contribution in [2.75, 3.05) is 13.2 Å². The number of unbranched alkanes of at least 4 members (excludes halogenated alkanes) is 12. The summed E-state index contributed by atoms with van der Waals surface area (Å²) in [6.45, 7) is 6.25. The van der Waals surface area contributed by atoms with Gasteiger partial charge in [0.15, 0.2) is 6.10 Å². The number of rotatable bonds is 53. The molecular formula is C72H110O6. The molecule has 0 rings (SSSR count). The van der Waals surface area contributed by atoms with Gasteiger partial charge in [0.2, 0.25) is 0 Å². The molecule has 0 aliphatic rings. The second kappa shape index (κ2) is 64.0. The summed E-state index contributed by atoms with van der Waals surface area (Å²) in [6, 6.07) is 0. The van der Waals surface area contributed by atoms with Crippen LogP contribution in [0.15, 0.2) is 182 Å². The van der Waals surface area contributed by atoms with Crippen molar-refractivity contribution >= 4 is 17.9 Å². The van der Waals surface area contributed by atoms with E-state index in [1.54, 1.807) is 0 Å². The standard InChI is InChI=1S/C72H110O6/c1-4-7-10-13-16-18-20-22-24-26-28-29-30-31-32-33-34-35-36-37-38-39-40-41-42-43-45-46-48-50-52-54-56-59-62-65-71(74)77-68-69(67-76-70(73)64-61-58-15-12-9-6-3)78-72(75)66-63-60-57-55-53-51-49-47-44-27-25-23-21-19-17-14-11-8-5-2/h7-8,10-11,16-19,22-25,28-29,31-32,34-35,37-38,40-41,43-45,47,51,53,57,60,69H,4-6,9,12-15,20-21,26-27,30,33,36,39,42,46,48-50,52,54-56,58-59,61-68H2,1-3H3/b10-7-,11-8-,18-16-,19-17-,24-22-,25-23-,29-28-,32-31-,35-34-,38-37-,41-40-,45-43-,47-44-,53-51-,60-57-. The molecule has 0 aromatic rings. The molecule has 0 saturated carbocycles. The molecular weight excluding hydrogens is 961 g/mol. The van der Waals surface area contributed by atoms with Gasteiger partial charge in [-0.25, -0.2) is 0 Å². The van der Waals surface area contributed by atoms with Gasteiger partial charge >= 0.3 is 17.9 Å². The average molecular weight is 1070 g/mol. The van der Waals surface area contributed by atoms with Crippen LogP contribution in [0.25, 0.3) is 0 Å². The summed E-state index contributed by atoms with van der Waals surface area (Å²) in [6.07, 6.45) is 96.6. The lowest BCUT2D eigenvalue weighted by Crippen LogP contribution is -2.30. The number of hydrogen-bond donors (Lipinski definition) is 0. The molecule has 1 unspecified atom stereocenters. The Balaban J connectivity index is 4.23. The van der Waals surface area contributed by atoms with E-state index in [1.165, 1.54) is 38.5 Å². The molecule has 1 atom stereocenters. The van der Waals surface area contributed by atoms with Gasteiger partial charge in [-0.15, -0.1) is 0 Å². The third-order valence-electron chi connectivity index (χ3n) is 12.2. The maximum Gasteiger partial charge on any atom is 0.306 e. The van der Waals surface area contributed by atoms with Gasteiger partial charge in [0.25, 0.3) is 0 Å². The highest BCUT2D eigenvalue weighted by Crippen LogP contribution is 2.13. The molecule has 0 radical (unpaired) electrons. The van der Waals surface area contributed by atoms with Gasteiger partial charge in [0.05, 0.1) is 0 Å². The second-order valence-corrected chi connectivity index (χ2v) is 19.5. The second-order valence-electron chi connectivity index (χ2n) is 19.5. The van der Waals surface area contributed by atoms with Crippen molar-refractivity contribution < 1.29 is 28.6 Å². The maximum absolute atomic E-state index is 12.8. The van der Waals surface area contributed by atoms with Crippen molar-refractivity contribution in [1.29, 1.82) is 0 Å². The fourth-order valence-corrected chi connectivity index (χ4v) is 7.64. The Kier molecular flexibility index (Phi) is 59.5. The van der Waals surface area contributed by atoms with Crippen LogP contribution in [-0.4, -0.2) is 37.2 Å². The summed E-state index contributed by atoms with van der Waals surface area (Å²) >= 11 is 0. The van der Waals surface area contributed by atoms with E-state index in [0.717, 1.165) is 148 Å². The van der Waals surface area contributed by atoms with E-state index in [-0.39, 0.29) is 31.6 Å². The van der Waals surface area contributed by atoms with Crippen LogP contribution in [0, 0.1) is 0 Å². The predicted octanol–water partition coefficient (Wildman–Crippen LogP) is 21.3. The number of allylic oxidation sites excluding steroid dienone is 30. The summed E-state index contributed by atoms with van der Waals surface area (Å²) in [5, 5.41) is 0. The lowest BCUT2D eigenvalue weighted by atomic mass is 10.1. The first-order valence-electron chi connectivity index (χ1n) is 30.8. The van der Waals surface area contributed by atoms with Gasteiger partial charge in [-0.05, 0) is 128 Å². The van der Waals surface area contributed by atoms with Crippen LogP contribution >= 0.6 is 0 Å². The minimum Gasteiger partial charge on any atom is -0.462 e. The molecule has 0 heterocycles. The lowest BCUT2D eigenvalue weighted by Gasteiger charge is -2.18. The fraction of sp³-hybridized carbons (Fsp3) is 0.542. The number of carbonyl (C=O) groups is 3. The van der Waals surface area contributed by atoms with Crippen molar-refractivity contribution in [2.24, 2.45) is 0 Å². The van der Waals surface area contributed by atoms with E-state index in [2.05, 4.69) is 191 Å². The van der Waals surface area contributed by atoms with Crippen molar-refractivity contribution in [1.82, 2.24) is 0 Å². The SMILES string of the molecule is CC/C=C\C/C=C\C/C=C\C/C=C\C/C=C\C/C=C\C/C=C\C/C=C\C/C=C\CCCCCCCCCC(=O)OCC(COC(=O)CCCCCCCC)OC(=O)CC/C=C\C/C=C\C/C=C\C/C=C\C/C=C\C/C=C\CC. The molecule has 0 aliphatic heterocycles. The zero-order valence-corrected chi connectivity index (χ0v) is 49.6. The number of ether oxygens (including phenoxy) is 3. The Morgan fingerprint density at radius 1 is 0.269 bits per heavy atom. The summed E-state index contributed by atoms with van der Waals surface area (Å²) in [7, 11) is 0. The van der Waals surface area contributed by atoms with E-state index in [4.69, 9.17) is 14.2 Å².